The van der Waals surface area contributed by atoms with Crippen LogP contribution in [-0.2, 0) is 0 Å². The standard InChI is InChI=1S/C21H22N4O4/c1-28-18-8-5-6-15(19(18)29-2)20(26)23-10-12-24(13-11-23)21(27)16-14-22-25-9-4-3-7-17(16)25/h3-9,14H,10-13H2,1-2H3. The fourth-order valence-corrected chi connectivity index (χ4v) is 3.61. The normalized spacial score (nSPS) is 14.1. The van der Waals surface area contributed by atoms with Crippen molar-refractivity contribution in [2.24, 2.45) is 0 Å². The Labute approximate surface area is 168 Å². The van der Waals surface area contributed by atoms with E-state index in [1.54, 1.807) is 38.7 Å². The van der Waals surface area contributed by atoms with Crippen molar-refractivity contribution < 1.29 is 19.1 Å². The zero-order chi connectivity index (χ0) is 20.4. The number of hydrogen-bond acceptors (Lipinski definition) is 5. The summed E-state index contributed by atoms with van der Waals surface area (Å²) in [6.45, 7) is 1.82. The maximum absolute atomic E-state index is 13.0. The first kappa shape index (κ1) is 18.8. The summed E-state index contributed by atoms with van der Waals surface area (Å²) >= 11 is 0. The Morgan fingerprint density at radius 3 is 2.21 bits per heavy atom. The van der Waals surface area contributed by atoms with Crippen LogP contribution in [0, 0.1) is 0 Å². The maximum Gasteiger partial charge on any atom is 0.257 e. The number of carbonyl (C=O) groups is 2. The average molecular weight is 394 g/mol. The van der Waals surface area contributed by atoms with Crippen molar-refractivity contribution in [3.05, 3.63) is 59.9 Å². The van der Waals surface area contributed by atoms with E-state index in [-0.39, 0.29) is 11.8 Å². The van der Waals surface area contributed by atoms with Crippen molar-refractivity contribution in [1.82, 2.24) is 19.4 Å². The number of ether oxygens (including phenoxy) is 2. The molecule has 0 N–H and O–H groups in total. The van der Waals surface area contributed by atoms with Crippen molar-refractivity contribution in [3.63, 3.8) is 0 Å². The van der Waals surface area contributed by atoms with E-state index in [2.05, 4.69) is 5.10 Å². The van der Waals surface area contributed by atoms with Gasteiger partial charge in [-0.1, -0.05) is 12.1 Å². The third-order valence-corrected chi connectivity index (χ3v) is 5.14. The topological polar surface area (TPSA) is 76.4 Å². The fraction of sp³-hybridized carbons (Fsp3) is 0.286. The highest BCUT2D eigenvalue weighted by atomic mass is 16.5. The minimum Gasteiger partial charge on any atom is -0.493 e. The molecule has 1 aliphatic rings. The number of fused-ring (bicyclic) bond motifs is 1. The first-order valence-electron chi connectivity index (χ1n) is 9.36. The van der Waals surface area contributed by atoms with E-state index in [1.165, 1.54) is 14.2 Å². The molecule has 0 aliphatic carbocycles. The smallest absolute Gasteiger partial charge is 0.257 e. The molecule has 4 rings (SSSR count). The molecule has 8 heteroatoms. The number of pyridine rings is 1. The van der Waals surface area contributed by atoms with Gasteiger partial charge in [0, 0.05) is 32.4 Å². The first-order valence-corrected chi connectivity index (χ1v) is 9.36. The van der Waals surface area contributed by atoms with E-state index >= 15 is 0 Å². The Morgan fingerprint density at radius 1 is 0.862 bits per heavy atom. The minimum absolute atomic E-state index is 0.0720. The van der Waals surface area contributed by atoms with E-state index in [0.717, 1.165) is 5.52 Å². The molecule has 0 spiro atoms. The predicted octanol–water partition coefficient (Wildman–Crippen LogP) is 1.95. The third kappa shape index (κ3) is 3.37. The van der Waals surface area contributed by atoms with E-state index in [1.807, 2.05) is 24.4 Å². The van der Waals surface area contributed by atoms with Gasteiger partial charge < -0.3 is 19.3 Å². The molecule has 2 aromatic heterocycles. The van der Waals surface area contributed by atoms with Crippen LogP contribution in [0.2, 0.25) is 0 Å². The van der Waals surface area contributed by atoms with Gasteiger partial charge in [-0.05, 0) is 24.3 Å². The summed E-state index contributed by atoms with van der Waals surface area (Å²) < 4.78 is 12.3. The molecular formula is C21H22N4O4. The van der Waals surface area contributed by atoms with Crippen molar-refractivity contribution in [2.75, 3.05) is 40.4 Å². The van der Waals surface area contributed by atoms with Gasteiger partial charge >= 0.3 is 0 Å². The summed E-state index contributed by atoms with van der Waals surface area (Å²) in [5.74, 6) is 0.728. The monoisotopic (exact) mass is 394 g/mol. The quantitative estimate of drug-likeness (QED) is 0.676. The van der Waals surface area contributed by atoms with Gasteiger partial charge in [-0.3, -0.25) is 9.59 Å². The number of piperazine rings is 1. The molecule has 1 saturated heterocycles. The van der Waals surface area contributed by atoms with Gasteiger partial charge in [0.25, 0.3) is 11.8 Å². The number of aromatic nitrogens is 2. The number of benzene rings is 1. The van der Waals surface area contributed by atoms with Gasteiger partial charge in [-0.2, -0.15) is 5.10 Å². The van der Waals surface area contributed by atoms with Crippen LogP contribution in [0.5, 0.6) is 11.5 Å². The summed E-state index contributed by atoms with van der Waals surface area (Å²) in [6.07, 6.45) is 3.40. The van der Waals surface area contributed by atoms with E-state index in [0.29, 0.717) is 48.8 Å². The maximum atomic E-state index is 13.0. The lowest BCUT2D eigenvalue weighted by Gasteiger charge is -2.35. The second-order valence-electron chi connectivity index (χ2n) is 6.71. The summed E-state index contributed by atoms with van der Waals surface area (Å²) in [5.41, 5.74) is 1.80. The molecular weight excluding hydrogens is 372 g/mol. The average Bonchev–Trinajstić information content (AvgIpc) is 3.21. The van der Waals surface area contributed by atoms with E-state index in [4.69, 9.17) is 9.47 Å². The van der Waals surface area contributed by atoms with Gasteiger partial charge in [0.15, 0.2) is 11.5 Å². The molecule has 0 unspecified atom stereocenters. The lowest BCUT2D eigenvalue weighted by atomic mass is 10.1. The van der Waals surface area contributed by atoms with Crippen LogP contribution in [0.1, 0.15) is 20.7 Å². The molecule has 8 nitrogen and oxygen atoms in total. The molecule has 3 aromatic rings. The molecule has 0 radical (unpaired) electrons. The van der Waals surface area contributed by atoms with E-state index < -0.39 is 0 Å². The van der Waals surface area contributed by atoms with Crippen LogP contribution >= 0.6 is 0 Å². The molecule has 1 fully saturated rings. The lowest BCUT2D eigenvalue weighted by molar-refractivity contribution is 0.0534. The number of rotatable bonds is 4. The number of hydrogen-bond donors (Lipinski definition) is 0. The number of methoxy groups -OCH3 is 2. The number of amides is 2. The Kier molecular flexibility index (Phi) is 5.07. The highest BCUT2D eigenvalue weighted by Gasteiger charge is 2.28. The zero-order valence-electron chi connectivity index (χ0n) is 16.4. The summed E-state index contributed by atoms with van der Waals surface area (Å²) in [6, 6.07) is 10.9. The highest BCUT2D eigenvalue weighted by molar-refractivity contribution is 6.01. The molecule has 150 valence electrons. The molecule has 0 saturated carbocycles. The molecule has 1 aromatic carbocycles. The van der Waals surface area contributed by atoms with E-state index in [9.17, 15) is 9.59 Å². The van der Waals surface area contributed by atoms with Crippen LogP contribution in [-0.4, -0.2) is 71.6 Å². The third-order valence-electron chi connectivity index (χ3n) is 5.14. The largest absolute Gasteiger partial charge is 0.493 e. The van der Waals surface area contributed by atoms with Crippen molar-refractivity contribution in [1.29, 1.82) is 0 Å². The molecule has 2 amide bonds. The van der Waals surface area contributed by atoms with Gasteiger partial charge in [0.05, 0.1) is 37.1 Å². The predicted molar refractivity (Wildman–Crippen MR) is 107 cm³/mol. The van der Waals surface area contributed by atoms with Crippen LogP contribution in [0.25, 0.3) is 5.52 Å². The lowest BCUT2D eigenvalue weighted by Crippen LogP contribution is -2.50. The van der Waals surface area contributed by atoms with Crippen LogP contribution in [0.3, 0.4) is 0 Å². The molecule has 0 atom stereocenters. The Hall–Kier alpha value is -3.55. The number of carbonyl (C=O) groups excluding carboxylic acids is 2. The highest BCUT2D eigenvalue weighted by Crippen LogP contribution is 2.31. The number of para-hydroxylation sites is 1. The molecule has 1 aliphatic heterocycles. The Balaban J connectivity index is 1.47. The van der Waals surface area contributed by atoms with Gasteiger partial charge in [-0.15, -0.1) is 0 Å². The zero-order valence-corrected chi connectivity index (χ0v) is 16.4. The molecule has 3 heterocycles. The van der Waals surface area contributed by atoms with Crippen molar-refractivity contribution in [3.8, 4) is 11.5 Å². The number of nitrogens with zero attached hydrogens (tertiary/aromatic N) is 4. The summed E-state index contributed by atoms with van der Waals surface area (Å²) in [5, 5.41) is 4.23. The van der Waals surface area contributed by atoms with Crippen LogP contribution in [0.4, 0.5) is 0 Å². The Bertz CT molecular complexity index is 1050. The summed E-state index contributed by atoms with van der Waals surface area (Å²) in [4.78, 5) is 29.4. The first-order chi connectivity index (χ1) is 14.1. The van der Waals surface area contributed by atoms with Crippen LogP contribution < -0.4 is 9.47 Å². The van der Waals surface area contributed by atoms with Crippen LogP contribution in [0.15, 0.2) is 48.8 Å². The van der Waals surface area contributed by atoms with Gasteiger partial charge in [-0.25, -0.2) is 4.52 Å². The second kappa shape index (κ2) is 7.83. The molecule has 0 bridgehead atoms. The van der Waals surface area contributed by atoms with Crippen molar-refractivity contribution in [2.45, 2.75) is 0 Å². The molecule has 29 heavy (non-hydrogen) atoms. The van der Waals surface area contributed by atoms with Crippen molar-refractivity contribution >= 4 is 17.3 Å². The van der Waals surface area contributed by atoms with Gasteiger partial charge in [0.1, 0.15) is 0 Å². The van der Waals surface area contributed by atoms with Gasteiger partial charge in [0.2, 0.25) is 0 Å². The SMILES string of the molecule is COc1cccc(C(=O)N2CCN(C(=O)c3cnn4ccccc34)CC2)c1OC. The fourth-order valence-electron chi connectivity index (χ4n) is 3.61. The second-order valence-corrected chi connectivity index (χ2v) is 6.71. The minimum atomic E-state index is -0.135. The summed E-state index contributed by atoms with van der Waals surface area (Å²) in [7, 11) is 3.05. The Morgan fingerprint density at radius 2 is 1.55 bits per heavy atom.